The van der Waals surface area contributed by atoms with Crippen molar-refractivity contribution in [3.63, 3.8) is 0 Å². The zero-order valence-electron chi connectivity index (χ0n) is 11.5. The summed E-state index contributed by atoms with van der Waals surface area (Å²) in [6, 6.07) is 5.85. The summed E-state index contributed by atoms with van der Waals surface area (Å²) in [7, 11) is 0. The summed E-state index contributed by atoms with van der Waals surface area (Å²) in [6.45, 7) is -0.173. The number of H-pyrrole nitrogens is 1. The van der Waals surface area contributed by atoms with Crippen molar-refractivity contribution in [2.24, 2.45) is 0 Å². The van der Waals surface area contributed by atoms with Gasteiger partial charge in [-0.3, -0.25) is 0 Å². The van der Waals surface area contributed by atoms with E-state index >= 15 is 0 Å². The van der Waals surface area contributed by atoms with Crippen LogP contribution in [-0.2, 0) is 6.54 Å². The molecule has 8 heteroatoms. The van der Waals surface area contributed by atoms with E-state index < -0.39 is 17.6 Å². The van der Waals surface area contributed by atoms with Gasteiger partial charge in [-0.05, 0) is 46.9 Å². The fourth-order valence-corrected chi connectivity index (χ4v) is 2.72. The summed E-state index contributed by atoms with van der Waals surface area (Å²) < 4.78 is 29.1. The maximum absolute atomic E-state index is 14.5. The minimum Gasteiger partial charge on any atom is -0.478 e. The van der Waals surface area contributed by atoms with Crippen LogP contribution in [0.2, 0.25) is 0 Å². The van der Waals surface area contributed by atoms with E-state index in [2.05, 4.69) is 15.3 Å². The van der Waals surface area contributed by atoms with Gasteiger partial charge in [0.25, 0.3) is 0 Å². The van der Waals surface area contributed by atoms with Crippen molar-refractivity contribution in [2.75, 3.05) is 5.32 Å². The summed E-state index contributed by atoms with van der Waals surface area (Å²) in [4.78, 5) is 17.9. The van der Waals surface area contributed by atoms with Crippen LogP contribution in [-0.4, -0.2) is 21.0 Å². The van der Waals surface area contributed by atoms with E-state index in [-0.39, 0.29) is 28.9 Å². The molecule has 0 amide bonds. The molecule has 0 saturated heterocycles. The number of hydrogen-bond donors (Lipinski definition) is 3. The van der Waals surface area contributed by atoms with Crippen LogP contribution in [0.25, 0.3) is 11.0 Å². The van der Waals surface area contributed by atoms with E-state index in [1.54, 1.807) is 6.07 Å². The second kappa shape index (κ2) is 6.11. The van der Waals surface area contributed by atoms with Crippen molar-refractivity contribution < 1.29 is 18.7 Å². The zero-order chi connectivity index (χ0) is 16.6. The molecular weight excluding hydrogens is 419 g/mol. The average molecular weight is 429 g/mol. The van der Waals surface area contributed by atoms with Crippen molar-refractivity contribution in [1.29, 1.82) is 0 Å². The van der Waals surface area contributed by atoms with Gasteiger partial charge >= 0.3 is 5.97 Å². The number of imidazole rings is 1. The van der Waals surface area contributed by atoms with E-state index in [1.807, 2.05) is 22.6 Å². The fraction of sp³-hybridized carbons (Fsp3) is 0.0667. The van der Waals surface area contributed by atoms with Crippen LogP contribution in [0.5, 0.6) is 0 Å². The average Bonchev–Trinajstić information content (AvgIpc) is 2.96. The summed E-state index contributed by atoms with van der Waals surface area (Å²) in [6.07, 6.45) is 1.29. The van der Waals surface area contributed by atoms with Crippen molar-refractivity contribution in [1.82, 2.24) is 9.97 Å². The lowest BCUT2D eigenvalue weighted by atomic mass is 10.0. The fourth-order valence-electron chi connectivity index (χ4n) is 2.26. The SMILES string of the molecule is O=C(O)c1cc2[nH]cnc2c(F)c1CNc1ccc(I)cc1F. The Bertz CT molecular complexity index is 911. The molecule has 0 unspecified atom stereocenters. The molecule has 0 aliphatic heterocycles. The predicted octanol–water partition coefficient (Wildman–Crippen LogP) is 3.76. The highest BCUT2D eigenvalue weighted by Crippen LogP contribution is 2.24. The van der Waals surface area contributed by atoms with Gasteiger partial charge in [-0.15, -0.1) is 0 Å². The second-order valence-electron chi connectivity index (χ2n) is 4.80. The van der Waals surface area contributed by atoms with Gasteiger partial charge in [0.2, 0.25) is 0 Å². The van der Waals surface area contributed by atoms with E-state index in [0.717, 1.165) is 3.57 Å². The number of anilines is 1. The lowest BCUT2D eigenvalue weighted by Gasteiger charge is -2.11. The van der Waals surface area contributed by atoms with Crippen molar-refractivity contribution >= 4 is 45.3 Å². The Labute approximate surface area is 142 Å². The molecule has 0 saturated carbocycles. The van der Waals surface area contributed by atoms with Gasteiger partial charge in [-0.2, -0.15) is 0 Å². The molecule has 1 heterocycles. The molecule has 2 aromatic carbocycles. The number of aromatic carboxylic acids is 1. The maximum Gasteiger partial charge on any atom is 0.336 e. The molecular formula is C15H10F2IN3O2. The Balaban J connectivity index is 1.99. The molecule has 0 bridgehead atoms. The first-order chi connectivity index (χ1) is 11.0. The van der Waals surface area contributed by atoms with Crippen molar-refractivity contribution in [3.05, 3.63) is 56.9 Å². The van der Waals surface area contributed by atoms with Crippen LogP contribution < -0.4 is 5.32 Å². The Morgan fingerprint density at radius 1 is 1.35 bits per heavy atom. The van der Waals surface area contributed by atoms with E-state index in [0.29, 0.717) is 5.52 Å². The number of aromatic amines is 1. The molecule has 0 atom stereocenters. The molecule has 0 fully saturated rings. The summed E-state index contributed by atoms with van der Waals surface area (Å²) in [5.41, 5.74) is 0.245. The lowest BCUT2D eigenvalue weighted by molar-refractivity contribution is 0.0695. The number of fused-ring (bicyclic) bond motifs is 1. The van der Waals surface area contributed by atoms with Gasteiger partial charge in [0, 0.05) is 15.7 Å². The third-order valence-electron chi connectivity index (χ3n) is 3.37. The van der Waals surface area contributed by atoms with Crippen LogP contribution in [0.15, 0.2) is 30.6 Å². The predicted molar refractivity (Wildman–Crippen MR) is 89.5 cm³/mol. The minimum atomic E-state index is -1.26. The summed E-state index contributed by atoms with van der Waals surface area (Å²) in [5.74, 6) is -2.49. The molecule has 5 nitrogen and oxygen atoms in total. The highest BCUT2D eigenvalue weighted by atomic mass is 127. The second-order valence-corrected chi connectivity index (χ2v) is 6.04. The third-order valence-corrected chi connectivity index (χ3v) is 4.04. The normalized spacial score (nSPS) is 10.9. The largest absolute Gasteiger partial charge is 0.478 e. The monoisotopic (exact) mass is 429 g/mol. The van der Waals surface area contributed by atoms with Gasteiger partial charge in [0.15, 0.2) is 5.82 Å². The van der Waals surface area contributed by atoms with Gasteiger partial charge in [-0.1, -0.05) is 0 Å². The number of carboxylic acids is 1. The molecule has 0 spiro atoms. The standard InChI is InChI=1S/C15H10F2IN3O2/c16-10-3-7(18)1-2-11(10)19-5-9-8(15(22)23)4-12-14(13(9)17)21-6-20-12/h1-4,6,19H,5H2,(H,20,21)(H,22,23). The molecule has 1 aromatic heterocycles. The molecule has 3 aromatic rings. The summed E-state index contributed by atoms with van der Waals surface area (Å²) in [5, 5.41) is 12.0. The van der Waals surface area contributed by atoms with E-state index in [1.165, 1.54) is 24.5 Å². The maximum atomic E-state index is 14.5. The number of aromatic nitrogens is 2. The first-order valence-electron chi connectivity index (χ1n) is 6.54. The Kier molecular flexibility index (Phi) is 4.16. The van der Waals surface area contributed by atoms with Crippen molar-refractivity contribution in [3.8, 4) is 0 Å². The van der Waals surface area contributed by atoms with Gasteiger partial charge in [-0.25, -0.2) is 18.6 Å². The highest BCUT2D eigenvalue weighted by molar-refractivity contribution is 14.1. The molecule has 3 N–H and O–H groups in total. The van der Waals surface area contributed by atoms with Gasteiger partial charge in [0.1, 0.15) is 11.3 Å². The number of nitrogens with one attached hydrogen (secondary N) is 2. The number of halogens is 3. The minimum absolute atomic E-state index is 0.0508. The van der Waals surface area contributed by atoms with Crippen LogP contribution >= 0.6 is 22.6 Å². The Morgan fingerprint density at radius 3 is 2.83 bits per heavy atom. The number of benzene rings is 2. The number of carbonyl (C=O) groups is 1. The first-order valence-corrected chi connectivity index (χ1v) is 7.62. The lowest BCUT2D eigenvalue weighted by Crippen LogP contribution is -2.11. The van der Waals surface area contributed by atoms with E-state index in [9.17, 15) is 18.7 Å². The molecule has 23 heavy (non-hydrogen) atoms. The summed E-state index contributed by atoms with van der Waals surface area (Å²) >= 11 is 1.97. The number of rotatable bonds is 4. The Hall–Kier alpha value is -2.23. The molecule has 118 valence electrons. The first kappa shape index (κ1) is 15.7. The molecule has 3 rings (SSSR count). The highest BCUT2D eigenvalue weighted by Gasteiger charge is 2.19. The number of hydrogen-bond acceptors (Lipinski definition) is 3. The van der Waals surface area contributed by atoms with Crippen LogP contribution in [0.3, 0.4) is 0 Å². The third kappa shape index (κ3) is 2.98. The topological polar surface area (TPSA) is 78.0 Å². The zero-order valence-corrected chi connectivity index (χ0v) is 13.7. The van der Waals surface area contributed by atoms with Crippen LogP contribution in [0.1, 0.15) is 15.9 Å². The number of carboxylic acid groups (broad SMARTS) is 1. The van der Waals surface area contributed by atoms with Crippen LogP contribution in [0.4, 0.5) is 14.5 Å². The Morgan fingerprint density at radius 2 is 2.13 bits per heavy atom. The van der Waals surface area contributed by atoms with Crippen molar-refractivity contribution in [2.45, 2.75) is 6.54 Å². The van der Waals surface area contributed by atoms with E-state index in [4.69, 9.17) is 0 Å². The van der Waals surface area contributed by atoms with Gasteiger partial charge < -0.3 is 15.4 Å². The molecule has 0 aliphatic carbocycles. The smallest absolute Gasteiger partial charge is 0.336 e. The molecule has 0 radical (unpaired) electrons. The van der Waals surface area contributed by atoms with Crippen LogP contribution in [0, 0.1) is 15.2 Å². The van der Waals surface area contributed by atoms with Gasteiger partial charge in [0.05, 0.1) is 23.1 Å². The molecule has 0 aliphatic rings. The number of nitrogens with zero attached hydrogens (tertiary/aromatic N) is 1. The quantitative estimate of drug-likeness (QED) is 0.553.